The van der Waals surface area contributed by atoms with Gasteiger partial charge in [-0.2, -0.15) is 0 Å². The number of rotatable bonds is 7. The highest BCUT2D eigenvalue weighted by Gasteiger charge is 2.19. The van der Waals surface area contributed by atoms with Crippen LogP contribution in [0.1, 0.15) is 16.7 Å². The third-order valence-corrected chi connectivity index (χ3v) is 5.12. The van der Waals surface area contributed by atoms with E-state index in [1.165, 1.54) is 16.4 Å². The Bertz CT molecular complexity index is 880. The van der Waals surface area contributed by atoms with E-state index < -0.39 is 10.0 Å². The van der Waals surface area contributed by atoms with Crippen LogP contribution >= 0.6 is 0 Å². The standard InChI is InChI=1S/C19H23FN2O3S/c1-14-4-9-18(15(2)12-14)22(26(3,24)25)11-10-21-19(23)13-16-5-7-17(20)8-6-16/h4-9,12H,10-11,13H2,1-3H3,(H,21,23). The lowest BCUT2D eigenvalue weighted by molar-refractivity contribution is -0.120. The monoisotopic (exact) mass is 378 g/mol. The van der Waals surface area contributed by atoms with Crippen molar-refractivity contribution in [2.75, 3.05) is 23.7 Å². The molecule has 1 amide bonds. The second kappa shape index (κ2) is 8.31. The maximum Gasteiger partial charge on any atom is 0.232 e. The van der Waals surface area contributed by atoms with Gasteiger partial charge in [0.05, 0.1) is 24.9 Å². The fourth-order valence-electron chi connectivity index (χ4n) is 2.70. The van der Waals surface area contributed by atoms with Crippen LogP contribution in [0, 0.1) is 19.7 Å². The van der Waals surface area contributed by atoms with Crippen molar-refractivity contribution in [1.82, 2.24) is 5.32 Å². The molecule has 0 aliphatic carbocycles. The topological polar surface area (TPSA) is 66.5 Å². The number of hydrogen-bond donors (Lipinski definition) is 1. The minimum atomic E-state index is -3.47. The largest absolute Gasteiger partial charge is 0.354 e. The summed E-state index contributed by atoms with van der Waals surface area (Å²) in [5.74, 6) is -0.600. The Hall–Kier alpha value is -2.41. The zero-order chi connectivity index (χ0) is 19.3. The van der Waals surface area contributed by atoms with Crippen LogP contribution in [0.15, 0.2) is 42.5 Å². The van der Waals surface area contributed by atoms with Gasteiger partial charge >= 0.3 is 0 Å². The molecule has 2 rings (SSSR count). The molecule has 2 aromatic rings. The molecule has 0 saturated carbocycles. The average molecular weight is 378 g/mol. The number of nitrogens with zero attached hydrogens (tertiary/aromatic N) is 1. The van der Waals surface area contributed by atoms with Crippen LogP contribution in [0.2, 0.25) is 0 Å². The van der Waals surface area contributed by atoms with Crippen LogP contribution in [0.5, 0.6) is 0 Å². The Morgan fingerprint density at radius 2 is 1.77 bits per heavy atom. The van der Waals surface area contributed by atoms with Crippen molar-refractivity contribution in [3.05, 3.63) is 65.0 Å². The molecule has 26 heavy (non-hydrogen) atoms. The Kier molecular flexibility index (Phi) is 6.37. The highest BCUT2D eigenvalue weighted by molar-refractivity contribution is 7.92. The summed E-state index contributed by atoms with van der Waals surface area (Å²) in [5.41, 5.74) is 3.20. The molecule has 7 heteroatoms. The van der Waals surface area contributed by atoms with Crippen molar-refractivity contribution >= 4 is 21.6 Å². The zero-order valence-electron chi connectivity index (χ0n) is 15.1. The van der Waals surface area contributed by atoms with E-state index in [2.05, 4.69) is 5.32 Å². The van der Waals surface area contributed by atoms with Crippen molar-refractivity contribution in [2.45, 2.75) is 20.3 Å². The van der Waals surface area contributed by atoms with Gasteiger partial charge in [-0.1, -0.05) is 29.8 Å². The molecule has 5 nitrogen and oxygen atoms in total. The Morgan fingerprint density at radius 3 is 2.35 bits per heavy atom. The fourth-order valence-corrected chi connectivity index (χ4v) is 3.68. The number of benzene rings is 2. The summed E-state index contributed by atoms with van der Waals surface area (Å²) in [6.45, 7) is 4.11. The summed E-state index contributed by atoms with van der Waals surface area (Å²) >= 11 is 0. The number of amides is 1. The third kappa shape index (κ3) is 5.56. The normalized spacial score (nSPS) is 11.2. The van der Waals surface area contributed by atoms with Gasteiger partial charge in [-0.25, -0.2) is 12.8 Å². The van der Waals surface area contributed by atoms with Gasteiger partial charge in [0.2, 0.25) is 15.9 Å². The number of carbonyl (C=O) groups excluding carboxylic acids is 1. The second-order valence-corrected chi connectivity index (χ2v) is 8.19. The maximum absolute atomic E-state index is 12.9. The predicted molar refractivity (Wildman–Crippen MR) is 101 cm³/mol. The Labute approximate surface area is 153 Å². The molecule has 0 fully saturated rings. The zero-order valence-corrected chi connectivity index (χ0v) is 15.9. The summed E-state index contributed by atoms with van der Waals surface area (Å²) in [6, 6.07) is 11.2. The fraction of sp³-hybridized carbons (Fsp3) is 0.316. The quantitative estimate of drug-likeness (QED) is 0.805. The molecule has 0 spiro atoms. The molecule has 0 aliphatic heterocycles. The second-order valence-electron chi connectivity index (χ2n) is 6.28. The van der Waals surface area contributed by atoms with Crippen LogP contribution in [0.3, 0.4) is 0 Å². The SMILES string of the molecule is Cc1ccc(N(CCNC(=O)Cc2ccc(F)cc2)S(C)(=O)=O)c(C)c1. The summed E-state index contributed by atoms with van der Waals surface area (Å²) < 4.78 is 38.5. The molecule has 0 bridgehead atoms. The lowest BCUT2D eigenvalue weighted by Crippen LogP contribution is -2.38. The number of hydrogen-bond acceptors (Lipinski definition) is 3. The molecule has 0 saturated heterocycles. The first-order valence-electron chi connectivity index (χ1n) is 8.23. The van der Waals surface area contributed by atoms with E-state index in [1.807, 2.05) is 26.0 Å². The predicted octanol–water partition coefficient (Wildman–Crippen LogP) is 2.57. The van der Waals surface area contributed by atoms with Gasteiger partial charge in [0.15, 0.2) is 0 Å². The summed E-state index contributed by atoms with van der Waals surface area (Å²) in [7, 11) is -3.47. The van der Waals surface area contributed by atoms with Gasteiger partial charge in [-0.3, -0.25) is 9.10 Å². The molecular formula is C19H23FN2O3S. The lowest BCUT2D eigenvalue weighted by atomic mass is 10.1. The minimum absolute atomic E-state index is 0.114. The van der Waals surface area contributed by atoms with E-state index >= 15 is 0 Å². The lowest BCUT2D eigenvalue weighted by Gasteiger charge is -2.24. The molecule has 0 unspecified atom stereocenters. The summed E-state index contributed by atoms with van der Waals surface area (Å²) in [6.07, 6.45) is 1.26. The van der Waals surface area contributed by atoms with E-state index in [0.29, 0.717) is 11.3 Å². The van der Waals surface area contributed by atoms with Gasteiger partial charge in [0.1, 0.15) is 5.82 Å². The van der Waals surface area contributed by atoms with E-state index in [0.717, 1.165) is 17.4 Å². The van der Waals surface area contributed by atoms with Crippen LogP contribution in [0.25, 0.3) is 0 Å². The van der Waals surface area contributed by atoms with Crippen LogP contribution in [0.4, 0.5) is 10.1 Å². The van der Waals surface area contributed by atoms with E-state index in [4.69, 9.17) is 0 Å². The molecule has 0 radical (unpaired) electrons. The molecule has 0 aliphatic rings. The molecule has 0 aromatic heterocycles. The van der Waals surface area contributed by atoms with Crippen LogP contribution in [-0.4, -0.2) is 33.7 Å². The van der Waals surface area contributed by atoms with Gasteiger partial charge in [0, 0.05) is 6.54 Å². The van der Waals surface area contributed by atoms with Crippen molar-refractivity contribution in [3.8, 4) is 0 Å². The smallest absolute Gasteiger partial charge is 0.232 e. The van der Waals surface area contributed by atoms with Crippen molar-refractivity contribution in [3.63, 3.8) is 0 Å². The van der Waals surface area contributed by atoms with E-state index in [1.54, 1.807) is 18.2 Å². The van der Waals surface area contributed by atoms with Gasteiger partial charge in [-0.05, 0) is 43.2 Å². The van der Waals surface area contributed by atoms with Crippen molar-refractivity contribution in [2.24, 2.45) is 0 Å². The number of nitrogens with one attached hydrogen (secondary N) is 1. The van der Waals surface area contributed by atoms with Gasteiger partial charge in [0.25, 0.3) is 0 Å². The first-order chi connectivity index (χ1) is 12.2. The van der Waals surface area contributed by atoms with Gasteiger partial charge < -0.3 is 5.32 Å². The highest BCUT2D eigenvalue weighted by atomic mass is 32.2. The number of halogens is 1. The van der Waals surface area contributed by atoms with Crippen molar-refractivity contribution < 1.29 is 17.6 Å². The molecule has 140 valence electrons. The summed E-state index contributed by atoms with van der Waals surface area (Å²) in [4.78, 5) is 12.0. The number of aryl methyl sites for hydroxylation is 2. The molecule has 0 heterocycles. The minimum Gasteiger partial charge on any atom is -0.354 e. The molecule has 0 atom stereocenters. The van der Waals surface area contributed by atoms with Crippen LogP contribution in [-0.2, 0) is 21.2 Å². The van der Waals surface area contributed by atoms with Gasteiger partial charge in [-0.15, -0.1) is 0 Å². The molecule has 2 aromatic carbocycles. The first kappa shape index (κ1) is 19.9. The van der Waals surface area contributed by atoms with E-state index in [9.17, 15) is 17.6 Å². The van der Waals surface area contributed by atoms with Crippen molar-refractivity contribution in [1.29, 1.82) is 0 Å². The molecule has 1 N–H and O–H groups in total. The summed E-state index contributed by atoms with van der Waals surface area (Å²) in [5, 5.41) is 2.71. The Balaban J connectivity index is 1.99. The van der Waals surface area contributed by atoms with E-state index in [-0.39, 0.29) is 31.2 Å². The molecular weight excluding hydrogens is 355 g/mol. The average Bonchev–Trinajstić information content (AvgIpc) is 2.54. The third-order valence-electron chi connectivity index (χ3n) is 3.94. The van der Waals surface area contributed by atoms with Crippen LogP contribution < -0.4 is 9.62 Å². The number of anilines is 1. The number of sulfonamides is 1. The number of carbonyl (C=O) groups is 1. The Morgan fingerprint density at radius 1 is 1.12 bits per heavy atom. The first-order valence-corrected chi connectivity index (χ1v) is 10.1. The maximum atomic E-state index is 12.9. The highest BCUT2D eigenvalue weighted by Crippen LogP contribution is 2.23.